The van der Waals surface area contributed by atoms with E-state index in [-0.39, 0.29) is 12.1 Å². The van der Waals surface area contributed by atoms with Crippen LogP contribution in [0.5, 0.6) is 0 Å². The van der Waals surface area contributed by atoms with Crippen molar-refractivity contribution in [3.05, 3.63) is 65.7 Å². The molecular formula is C24H28N4O4S. The first-order chi connectivity index (χ1) is 15.7. The first-order valence-corrected chi connectivity index (χ1v) is 11.5. The van der Waals surface area contributed by atoms with Crippen LogP contribution in [0, 0.1) is 11.3 Å². The van der Waals surface area contributed by atoms with Crippen molar-refractivity contribution >= 4 is 35.4 Å². The first kappa shape index (κ1) is 25.7. The molecule has 1 atom stereocenters. The lowest BCUT2D eigenvalue weighted by atomic mass is 10.1. The average molecular weight is 469 g/mol. The van der Waals surface area contributed by atoms with E-state index in [0.29, 0.717) is 17.2 Å². The number of nitrogens with one attached hydrogen (secondary N) is 3. The van der Waals surface area contributed by atoms with E-state index in [0.717, 1.165) is 5.56 Å². The first-order valence-electron chi connectivity index (χ1n) is 10.3. The maximum atomic E-state index is 12.8. The Morgan fingerprint density at radius 3 is 2.48 bits per heavy atom. The number of hydrogen-bond acceptors (Lipinski definition) is 6. The van der Waals surface area contributed by atoms with Gasteiger partial charge in [-0.2, -0.15) is 17.0 Å². The zero-order valence-corrected chi connectivity index (χ0v) is 19.7. The van der Waals surface area contributed by atoms with Crippen LogP contribution in [0.2, 0.25) is 0 Å². The van der Waals surface area contributed by atoms with E-state index >= 15 is 0 Å². The van der Waals surface area contributed by atoms with Gasteiger partial charge in [-0.1, -0.05) is 36.4 Å². The number of carbonyl (C=O) groups excluding carboxylic acids is 3. The molecule has 0 spiro atoms. The van der Waals surface area contributed by atoms with E-state index in [4.69, 9.17) is 10.00 Å². The van der Waals surface area contributed by atoms with Crippen molar-refractivity contribution in [1.29, 1.82) is 5.26 Å². The van der Waals surface area contributed by atoms with Gasteiger partial charge < -0.3 is 15.4 Å². The van der Waals surface area contributed by atoms with Crippen molar-refractivity contribution in [3.63, 3.8) is 0 Å². The van der Waals surface area contributed by atoms with Gasteiger partial charge in [-0.25, -0.2) is 4.79 Å². The van der Waals surface area contributed by atoms with E-state index in [2.05, 4.69) is 16.0 Å². The topological polar surface area (TPSA) is 120 Å². The molecule has 3 amide bonds. The number of anilines is 1. The van der Waals surface area contributed by atoms with Crippen LogP contribution in [0.15, 0.2) is 54.6 Å². The Morgan fingerprint density at radius 1 is 1.09 bits per heavy atom. The summed E-state index contributed by atoms with van der Waals surface area (Å²) in [6.07, 6.45) is -0.633. The summed E-state index contributed by atoms with van der Waals surface area (Å²) < 4.78 is 5.22. The predicted molar refractivity (Wildman–Crippen MR) is 129 cm³/mol. The fraction of sp³-hybridized carbons (Fsp3) is 0.333. The van der Waals surface area contributed by atoms with Crippen molar-refractivity contribution in [2.75, 3.05) is 17.6 Å². The van der Waals surface area contributed by atoms with Gasteiger partial charge in [-0.05, 0) is 44.5 Å². The van der Waals surface area contributed by atoms with Gasteiger partial charge in [0.1, 0.15) is 18.2 Å². The zero-order chi connectivity index (χ0) is 24.3. The van der Waals surface area contributed by atoms with Gasteiger partial charge in [-0.3, -0.25) is 14.9 Å². The van der Waals surface area contributed by atoms with Gasteiger partial charge in [0.2, 0.25) is 5.91 Å². The van der Waals surface area contributed by atoms with E-state index in [1.165, 1.54) is 17.8 Å². The van der Waals surface area contributed by atoms with Crippen LogP contribution in [0.1, 0.15) is 36.7 Å². The van der Waals surface area contributed by atoms with Crippen LogP contribution >= 0.6 is 11.8 Å². The number of amides is 3. The molecule has 0 aliphatic rings. The van der Waals surface area contributed by atoms with Gasteiger partial charge in [-0.15, -0.1) is 0 Å². The Hall–Kier alpha value is -3.51. The summed E-state index contributed by atoms with van der Waals surface area (Å²) >= 11 is 1.50. The van der Waals surface area contributed by atoms with Gasteiger partial charge in [0.05, 0.1) is 6.07 Å². The third-order valence-electron chi connectivity index (χ3n) is 4.13. The van der Waals surface area contributed by atoms with Crippen molar-refractivity contribution in [2.24, 2.45) is 0 Å². The molecule has 0 aliphatic heterocycles. The highest BCUT2D eigenvalue weighted by Crippen LogP contribution is 2.16. The number of thioether (sulfide) groups is 1. The molecule has 33 heavy (non-hydrogen) atoms. The van der Waals surface area contributed by atoms with Gasteiger partial charge in [0, 0.05) is 22.8 Å². The highest BCUT2D eigenvalue weighted by atomic mass is 32.2. The Labute approximate surface area is 198 Å². The minimum Gasteiger partial charge on any atom is -0.444 e. The fourth-order valence-corrected chi connectivity index (χ4v) is 3.72. The maximum Gasteiger partial charge on any atom is 0.412 e. The Bertz CT molecular complexity index is 1000. The van der Waals surface area contributed by atoms with Gasteiger partial charge in [0.15, 0.2) is 0 Å². The molecule has 2 aromatic rings. The quantitative estimate of drug-likeness (QED) is 0.483. The largest absolute Gasteiger partial charge is 0.444 e. The minimum atomic E-state index is -0.831. The number of nitrogens with zero attached hydrogens (tertiary/aromatic N) is 1. The molecule has 2 rings (SSSR count). The van der Waals surface area contributed by atoms with E-state index in [1.807, 2.05) is 36.4 Å². The molecule has 0 radical (unpaired) electrons. The summed E-state index contributed by atoms with van der Waals surface area (Å²) in [4.78, 5) is 37.3. The molecule has 3 N–H and O–H groups in total. The van der Waals surface area contributed by atoms with E-state index in [9.17, 15) is 14.4 Å². The van der Waals surface area contributed by atoms with Gasteiger partial charge in [0.25, 0.3) is 5.91 Å². The van der Waals surface area contributed by atoms with E-state index < -0.39 is 29.6 Å². The molecule has 2 aromatic carbocycles. The molecule has 8 nitrogen and oxygen atoms in total. The minimum absolute atomic E-state index is 0.149. The highest BCUT2D eigenvalue weighted by Gasteiger charge is 2.22. The summed E-state index contributed by atoms with van der Waals surface area (Å²) in [5.74, 6) is 0.0932. The Balaban J connectivity index is 2.03. The predicted octanol–water partition coefficient (Wildman–Crippen LogP) is 3.71. The molecule has 0 fully saturated rings. The molecule has 0 bridgehead atoms. The third kappa shape index (κ3) is 9.66. The lowest BCUT2D eigenvalue weighted by Crippen LogP contribution is -2.48. The third-order valence-corrected chi connectivity index (χ3v) is 5.24. The summed E-state index contributed by atoms with van der Waals surface area (Å²) in [6.45, 7) is 5.11. The Kier molecular flexibility index (Phi) is 9.76. The molecule has 174 valence electrons. The van der Waals surface area contributed by atoms with Crippen molar-refractivity contribution in [1.82, 2.24) is 10.6 Å². The lowest BCUT2D eigenvalue weighted by molar-refractivity contribution is -0.122. The molecule has 0 saturated heterocycles. The number of hydrogen-bond donors (Lipinski definition) is 3. The highest BCUT2D eigenvalue weighted by molar-refractivity contribution is 7.98. The number of benzene rings is 2. The molecule has 1 unspecified atom stereocenters. The molecular weight excluding hydrogens is 440 g/mol. The second kappa shape index (κ2) is 12.5. The maximum absolute atomic E-state index is 12.8. The van der Waals surface area contributed by atoms with Crippen LogP contribution < -0.4 is 16.0 Å². The fourth-order valence-electron chi connectivity index (χ4n) is 2.70. The average Bonchev–Trinajstić information content (AvgIpc) is 2.76. The standard InChI is InChI=1S/C24H28N4O4S/c1-24(2,3)32-23(31)27-19-11-7-10-18(14-19)21(29)28-20(22(30)26-13-12-25)16-33-15-17-8-5-4-6-9-17/h4-11,14,20H,13,15-16H2,1-3H3,(H,26,30)(H,27,31)(H,28,29). The van der Waals surface area contributed by atoms with Crippen molar-refractivity contribution in [3.8, 4) is 6.07 Å². The molecule has 0 saturated carbocycles. The van der Waals surface area contributed by atoms with Crippen LogP contribution in [0.3, 0.4) is 0 Å². The van der Waals surface area contributed by atoms with E-state index in [1.54, 1.807) is 39.0 Å². The summed E-state index contributed by atoms with van der Waals surface area (Å²) in [5.41, 5.74) is 1.11. The smallest absolute Gasteiger partial charge is 0.412 e. The van der Waals surface area contributed by atoms with Crippen molar-refractivity contribution < 1.29 is 19.1 Å². The van der Waals surface area contributed by atoms with Crippen LogP contribution in [-0.4, -0.2) is 41.8 Å². The molecule has 0 aromatic heterocycles. The number of nitriles is 1. The molecule has 9 heteroatoms. The summed E-state index contributed by atoms with van der Waals surface area (Å²) in [6, 6.07) is 17.1. The second-order valence-electron chi connectivity index (χ2n) is 8.11. The van der Waals surface area contributed by atoms with Crippen LogP contribution in [0.4, 0.5) is 10.5 Å². The monoisotopic (exact) mass is 468 g/mol. The number of rotatable bonds is 9. The molecule has 0 aliphatic carbocycles. The lowest BCUT2D eigenvalue weighted by Gasteiger charge is -2.20. The van der Waals surface area contributed by atoms with Crippen molar-refractivity contribution in [2.45, 2.75) is 38.2 Å². The summed E-state index contributed by atoms with van der Waals surface area (Å²) in [7, 11) is 0. The number of carbonyl (C=O) groups is 3. The van der Waals surface area contributed by atoms with Crippen LogP contribution in [-0.2, 0) is 15.3 Å². The normalized spacial score (nSPS) is 11.6. The van der Waals surface area contributed by atoms with Gasteiger partial charge >= 0.3 is 6.09 Å². The second-order valence-corrected chi connectivity index (χ2v) is 9.14. The SMILES string of the molecule is CC(C)(C)OC(=O)Nc1cccc(C(=O)NC(CSCc2ccccc2)C(=O)NCC#N)c1. The summed E-state index contributed by atoms with van der Waals surface area (Å²) in [5, 5.41) is 16.6. The Morgan fingerprint density at radius 2 is 1.82 bits per heavy atom. The molecule has 0 heterocycles. The number of ether oxygens (including phenoxy) is 1. The zero-order valence-electron chi connectivity index (χ0n) is 18.9. The van der Waals surface area contributed by atoms with Crippen LogP contribution in [0.25, 0.3) is 0 Å².